The quantitative estimate of drug-likeness (QED) is 0.742. The fraction of sp³-hybridized carbons (Fsp3) is 0.889. The monoisotopic (exact) mass is 203 g/mol. The molecular formula is C9H17NO2S. The number of thioether (sulfide) groups is 1. The lowest BCUT2D eigenvalue weighted by atomic mass is 10.1. The van der Waals surface area contributed by atoms with Crippen LogP contribution in [-0.4, -0.2) is 36.7 Å². The Bertz CT molecular complexity index is 178. The third-order valence-corrected chi connectivity index (χ3v) is 3.77. The first-order valence-electron chi connectivity index (χ1n) is 4.56. The van der Waals surface area contributed by atoms with Gasteiger partial charge in [-0.05, 0) is 25.5 Å². The Balaban J connectivity index is 2.21. The van der Waals surface area contributed by atoms with Crippen molar-refractivity contribution in [1.29, 1.82) is 0 Å². The highest BCUT2D eigenvalue weighted by molar-refractivity contribution is 8.00. The number of carbonyl (C=O) groups excluding carboxylic acids is 1. The van der Waals surface area contributed by atoms with Crippen LogP contribution in [0.25, 0.3) is 0 Å². The van der Waals surface area contributed by atoms with Crippen molar-refractivity contribution in [3.05, 3.63) is 0 Å². The number of amides is 1. The minimum Gasteiger partial charge on any atom is -0.375 e. The van der Waals surface area contributed by atoms with Gasteiger partial charge >= 0.3 is 0 Å². The van der Waals surface area contributed by atoms with Gasteiger partial charge in [-0.25, -0.2) is 0 Å². The number of rotatable bonds is 4. The van der Waals surface area contributed by atoms with E-state index in [1.807, 2.05) is 11.8 Å². The van der Waals surface area contributed by atoms with Gasteiger partial charge in [0, 0.05) is 18.4 Å². The van der Waals surface area contributed by atoms with Gasteiger partial charge in [0.05, 0.1) is 0 Å². The molecule has 1 amide bonds. The molecule has 1 heterocycles. The Morgan fingerprint density at radius 3 is 3.00 bits per heavy atom. The highest BCUT2D eigenvalue weighted by Gasteiger charge is 2.29. The molecule has 4 heteroatoms. The van der Waals surface area contributed by atoms with Crippen LogP contribution >= 0.6 is 11.8 Å². The summed E-state index contributed by atoms with van der Waals surface area (Å²) in [4.78, 5) is 11.1. The lowest BCUT2D eigenvalue weighted by Crippen LogP contribution is -2.38. The van der Waals surface area contributed by atoms with Crippen LogP contribution in [0.5, 0.6) is 0 Å². The van der Waals surface area contributed by atoms with E-state index in [1.54, 1.807) is 0 Å². The Kier molecular flexibility index (Phi) is 4.06. The average Bonchev–Trinajstić information content (AvgIpc) is 2.51. The molecule has 76 valence electrons. The Hall–Kier alpha value is -0.220. The molecule has 1 N–H and O–H groups in total. The van der Waals surface area contributed by atoms with Gasteiger partial charge in [-0.2, -0.15) is 11.8 Å². The summed E-state index contributed by atoms with van der Waals surface area (Å²) in [6, 6.07) is 0. The van der Waals surface area contributed by atoms with E-state index in [0.29, 0.717) is 0 Å². The molecule has 1 atom stereocenters. The van der Waals surface area contributed by atoms with E-state index < -0.39 is 0 Å². The molecule has 1 unspecified atom stereocenters. The minimum atomic E-state index is -0.0174. The van der Waals surface area contributed by atoms with Gasteiger partial charge in [0.15, 0.2) is 0 Å². The van der Waals surface area contributed by atoms with Crippen LogP contribution in [0, 0.1) is 0 Å². The lowest BCUT2D eigenvalue weighted by Gasteiger charge is -2.22. The molecule has 0 saturated carbocycles. The Morgan fingerprint density at radius 2 is 2.46 bits per heavy atom. The van der Waals surface area contributed by atoms with E-state index in [-0.39, 0.29) is 17.3 Å². The molecule has 1 rings (SSSR count). The molecule has 1 fully saturated rings. The van der Waals surface area contributed by atoms with Crippen LogP contribution < -0.4 is 5.32 Å². The van der Waals surface area contributed by atoms with Gasteiger partial charge in [0.25, 0.3) is 0 Å². The fourth-order valence-electron chi connectivity index (χ4n) is 1.44. The predicted octanol–water partition coefficient (Wildman–Crippen LogP) is 1.03. The van der Waals surface area contributed by atoms with Crippen molar-refractivity contribution in [1.82, 2.24) is 5.32 Å². The second kappa shape index (κ2) is 4.86. The van der Waals surface area contributed by atoms with Crippen LogP contribution in [-0.2, 0) is 9.53 Å². The highest BCUT2D eigenvalue weighted by atomic mass is 32.2. The Morgan fingerprint density at radius 1 is 1.69 bits per heavy atom. The summed E-state index contributed by atoms with van der Waals surface area (Å²) in [5.41, 5.74) is 0. The Labute approximate surface area is 83.6 Å². The number of nitrogens with one attached hydrogen (secondary N) is 1. The third kappa shape index (κ3) is 3.56. The number of ether oxygens (including phenoxy) is 1. The van der Waals surface area contributed by atoms with Crippen molar-refractivity contribution in [2.75, 3.05) is 26.0 Å². The molecule has 0 bridgehead atoms. The summed E-state index contributed by atoms with van der Waals surface area (Å²) in [6.45, 7) is 3.14. The summed E-state index contributed by atoms with van der Waals surface area (Å²) in [5.74, 6) is 1.20. The van der Waals surface area contributed by atoms with Gasteiger partial charge in [-0.3, -0.25) is 4.79 Å². The molecule has 3 nitrogen and oxygen atoms in total. The second-order valence-corrected chi connectivity index (χ2v) is 5.29. The number of hydrogen-bond acceptors (Lipinski definition) is 3. The van der Waals surface area contributed by atoms with E-state index in [9.17, 15) is 4.79 Å². The minimum absolute atomic E-state index is 0.0174. The second-order valence-electron chi connectivity index (χ2n) is 3.61. The molecule has 0 aromatic rings. The van der Waals surface area contributed by atoms with Crippen LogP contribution in [0.4, 0.5) is 0 Å². The summed E-state index contributed by atoms with van der Waals surface area (Å²) in [5, 5.41) is 2.88. The summed E-state index contributed by atoms with van der Waals surface area (Å²) >= 11 is 1.95. The number of hydrogen-bond donors (Lipinski definition) is 1. The topological polar surface area (TPSA) is 38.3 Å². The fourth-order valence-corrected chi connectivity index (χ4v) is 2.69. The first-order chi connectivity index (χ1) is 6.16. The SMILES string of the molecule is COCC(=O)NCC1(C)CCCS1. The van der Waals surface area contributed by atoms with Gasteiger partial charge < -0.3 is 10.1 Å². The first kappa shape index (κ1) is 10.9. The molecule has 0 radical (unpaired) electrons. The standard InChI is InChI=1S/C9H17NO2S/c1-9(4-3-5-13-9)7-10-8(11)6-12-2/h3-7H2,1-2H3,(H,10,11). The zero-order chi connectivity index (χ0) is 9.73. The maximum Gasteiger partial charge on any atom is 0.246 e. The molecule has 0 aliphatic carbocycles. The van der Waals surface area contributed by atoms with Gasteiger partial charge in [0.1, 0.15) is 6.61 Å². The van der Waals surface area contributed by atoms with Gasteiger partial charge in [-0.15, -0.1) is 0 Å². The van der Waals surface area contributed by atoms with Crippen LogP contribution in [0.15, 0.2) is 0 Å². The number of carbonyl (C=O) groups is 1. The van der Waals surface area contributed by atoms with Crippen molar-refractivity contribution in [3.8, 4) is 0 Å². The van der Waals surface area contributed by atoms with Crippen molar-refractivity contribution in [2.24, 2.45) is 0 Å². The maximum atomic E-state index is 11.1. The molecule has 1 aliphatic rings. The number of methoxy groups -OCH3 is 1. The lowest BCUT2D eigenvalue weighted by molar-refractivity contribution is -0.124. The average molecular weight is 203 g/mol. The van der Waals surface area contributed by atoms with E-state index >= 15 is 0 Å². The maximum absolute atomic E-state index is 11.1. The van der Waals surface area contributed by atoms with Crippen molar-refractivity contribution in [3.63, 3.8) is 0 Å². The predicted molar refractivity (Wildman–Crippen MR) is 55.0 cm³/mol. The smallest absolute Gasteiger partial charge is 0.246 e. The van der Waals surface area contributed by atoms with Crippen LogP contribution in [0.3, 0.4) is 0 Å². The zero-order valence-corrected chi connectivity index (χ0v) is 9.08. The third-order valence-electron chi connectivity index (χ3n) is 2.24. The zero-order valence-electron chi connectivity index (χ0n) is 8.26. The van der Waals surface area contributed by atoms with Crippen molar-refractivity contribution >= 4 is 17.7 Å². The van der Waals surface area contributed by atoms with Crippen LogP contribution in [0.2, 0.25) is 0 Å². The van der Waals surface area contributed by atoms with E-state index in [1.165, 1.54) is 25.7 Å². The van der Waals surface area contributed by atoms with Crippen LogP contribution in [0.1, 0.15) is 19.8 Å². The first-order valence-corrected chi connectivity index (χ1v) is 5.54. The molecule has 0 aromatic heterocycles. The summed E-state index contributed by atoms with van der Waals surface area (Å²) in [6.07, 6.45) is 2.46. The van der Waals surface area contributed by atoms with E-state index in [4.69, 9.17) is 4.74 Å². The molecular weight excluding hydrogens is 186 g/mol. The highest BCUT2D eigenvalue weighted by Crippen LogP contribution is 2.36. The van der Waals surface area contributed by atoms with Gasteiger partial charge in [-0.1, -0.05) is 0 Å². The molecule has 0 aromatic carbocycles. The summed E-state index contributed by atoms with van der Waals surface area (Å²) in [7, 11) is 1.53. The molecule has 0 spiro atoms. The molecule has 1 aliphatic heterocycles. The van der Waals surface area contributed by atoms with E-state index in [0.717, 1.165) is 6.54 Å². The molecule has 1 saturated heterocycles. The largest absolute Gasteiger partial charge is 0.375 e. The summed E-state index contributed by atoms with van der Waals surface area (Å²) < 4.78 is 4.99. The van der Waals surface area contributed by atoms with E-state index in [2.05, 4.69) is 12.2 Å². The molecule has 13 heavy (non-hydrogen) atoms. The van der Waals surface area contributed by atoms with Crippen molar-refractivity contribution < 1.29 is 9.53 Å². The normalized spacial score (nSPS) is 27.5. The van der Waals surface area contributed by atoms with Gasteiger partial charge in [0.2, 0.25) is 5.91 Å². The van der Waals surface area contributed by atoms with Crippen molar-refractivity contribution in [2.45, 2.75) is 24.5 Å².